The number of benzene rings is 2. The van der Waals surface area contributed by atoms with Crippen LogP contribution in [-0.4, -0.2) is 0 Å². The first kappa shape index (κ1) is 11.1. The smallest absolute Gasteiger partial charge is 0.0437 e. The summed E-state index contributed by atoms with van der Waals surface area (Å²) in [6, 6.07) is 14.5. The highest BCUT2D eigenvalue weighted by Gasteiger charge is 2.19. The molecule has 0 saturated carbocycles. The van der Waals surface area contributed by atoms with E-state index in [0.29, 0.717) is 0 Å². The Balaban J connectivity index is 1.91. The molecule has 0 bridgehead atoms. The van der Waals surface area contributed by atoms with E-state index in [1.807, 2.05) is 18.2 Å². The van der Waals surface area contributed by atoms with Gasteiger partial charge >= 0.3 is 0 Å². The molecular formula is C14H11BrClN. The van der Waals surface area contributed by atoms with E-state index in [1.165, 1.54) is 16.8 Å². The van der Waals surface area contributed by atoms with Crippen LogP contribution in [0.25, 0.3) is 0 Å². The van der Waals surface area contributed by atoms with Gasteiger partial charge in [0.2, 0.25) is 0 Å². The van der Waals surface area contributed by atoms with Gasteiger partial charge in [0.1, 0.15) is 0 Å². The van der Waals surface area contributed by atoms with Crippen molar-refractivity contribution in [3.05, 3.63) is 63.1 Å². The van der Waals surface area contributed by atoms with E-state index in [-0.39, 0.29) is 0 Å². The van der Waals surface area contributed by atoms with Gasteiger partial charge in [-0.25, -0.2) is 0 Å². The van der Waals surface area contributed by atoms with Gasteiger partial charge in [0.05, 0.1) is 0 Å². The van der Waals surface area contributed by atoms with Crippen LogP contribution < -0.4 is 4.90 Å². The Bertz CT molecular complexity index is 568. The van der Waals surface area contributed by atoms with Crippen LogP contribution >= 0.6 is 27.5 Å². The number of rotatable bonds is 1. The van der Waals surface area contributed by atoms with Crippen LogP contribution in [-0.2, 0) is 13.1 Å². The molecule has 0 radical (unpaired) electrons. The molecule has 0 N–H and O–H groups in total. The van der Waals surface area contributed by atoms with E-state index < -0.39 is 0 Å². The molecule has 0 aliphatic carbocycles. The zero-order chi connectivity index (χ0) is 11.8. The summed E-state index contributed by atoms with van der Waals surface area (Å²) in [5.41, 5.74) is 3.97. The number of halogens is 2. The Morgan fingerprint density at radius 1 is 1.00 bits per heavy atom. The van der Waals surface area contributed by atoms with Crippen LogP contribution in [0.1, 0.15) is 11.1 Å². The van der Waals surface area contributed by atoms with Crippen LogP contribution in [0, 0.1) is 0 Å². The third-order valence-electron chi connectivity index (χ3n) is 3.06. The van der Waals surface area contributed by atoms with Gasteiger partial charge in [-0.1, -0.05) is 39.7 Å². The third-order valence-corrected chi connectivity index (χ3v) is 3.79. The van der Waals surface area contributed by atoms with Gasteiger partial charge in [-0.2, -0.15) is 0 Å². The zero-order valence-electron chi connectivity index (χ0n) is 9.16. The lowest BCUT2D eigenvalue weighted by atomic mass is 10.1. The molecular weight excluding hydrogens is 298 g/mol. The lowest BCUT2D eigenvalue weighted by Crippen LogP contribution is -2.14. The molecule has 1 aliphatic heterocycles. The van der Waals surface area contributed by atoms with Crippen molar-refractivity contribution in [3.63, 3.8) is 0 Å². The standard InChI is InChI=1S/C14H11BrClN/c15-12-5-4-10-8-17(9-11(10)6-12)14-3-1-2-13(16)7-14/h1-7H,8-9H2. The number of anilines is 1. The molecule has 1 nitrogen and oxygen atoms in total. The van der Waals surface area contributed by atoms with E-state index in [2.05, 4.69) is 45.1 Å². The number of hydrogen-bond donors (Lipinski definition) is 0. The van der Waals surface area contributed by atoms with Gasteiger partial charge in [-0.3, -0.25) is 0 Å². The summed E-state index contributed by atoms with van der Waals surface area (Å²) in [7, 11) is 0. The van der Waals surface area contributed by atoms with Crippen molar-refractivity contribution in [2.45, 2.75) is 13.1 Å². The summed E-state index contributed by atoms with van der Waals surface area (Å²) in [4.78, 5) is 2.34. The summed E-state index contributed by atoms with van der Waals surface area (Å²) >= 11 is 9.54. The molecule has 17 heavy (non-hydrogen) atoms. The van der Waals surface area contributed by atoms with E-state index in [1.54, 1.807) is 0 Å². The van der Waals surface area contributed by atoms with Crippen molar-refractivity contribution >= 4 is 33.2 Å². The third kappa shape index (κ3) is 2.20. The average molecular weight is 309 g/mol. The van der Waals surface area contributed by atoms with Gasteiger partial charge in [0.15, 0.2) is 0 Å². The molecule has 0 fully saturated rings. The molecule has 1 aliphatic rings. The first-order valence-corrected chi connectivity index (χ1v) is 6.67. The highest BCUT2D eigenvalue weighted by atomic mass is 79.9. The first-order chi connectivity index (χ1) is 8.22. The van der Waals surface area contributed by atoms with Crippen LogP contribution in [0.5, 0.6) is 0 Å². The Morgan fingerprint density at radius 3 is 2.65 bits per heavy atom. The van der Waals surface area contributed by atoms with Gasteiger partial charge in [0.25, 0.3) is 0 Å². The van der Waals surface area contributed by atoms with E-state index >= 15 is 0 Å². The minimum absolute atomic E-state index is 0.791. The van der Waals surface area contributed by atoms with Gasteiger partial charge in [-0.05, 0) is 41.5 Å². The number of fused-ring (bicyclic) bond motifs is 1. The van der Waals surface area contributed by atoms with Crippen LogP contribution in [0.15, 0.2) is 46.9 Å². The van der Waals surface area contributed by atoms with E-state index in [9.17, 15) is 0 Å². The molecule has 0 unspecified atom stereocenters. The molecule has 86 valence electrons. The highest BCUT2D eigenvalue weighted by Crippen LogP contribution is 2.31. The van der Waals surface area contributed by atoms with Crippen molar-refractivity contribution in [1.82, 2.24) is 0 Å². The Labute approximate surface area is 114 Å². The number of nitrogens with zero attached hydrogens (tertiary/aromatic N) is 1. The highest BCUT2D eigenvalue weighted by molar-refractivity contribution is 9.10. The molecule has 0 spiro atoms. The molecule has 0 saturated heterocycles. The monoisotopic (exact) mass is 307 g/mol. The molecule has 2 aromatic rings. The van der Waals surface area contributed by atoms with Gasteiger partial charge in [-0.15, -0.1) is 0 Å². The van der Waals surface area contributed by atoms with Crippen molar-refractivity contribution in [2.24, 2.45) is 0 Å². The predicted octanol–water partition coefficient (Wildman–Crippen LogP) is 4.62. The SMILES string of the molecule is Clc1cccc(N2Cc3ccc(Br)cc3C2)c1. The normalized spacial score (nSPS) is 13.9. The fourth-order valence-electron chi connectivity index (χ4n) is 2.22. The van der Waals surface area contributed by atoms with Crippen molar-refractivity contribution < 1.29 is 0 Å². The molecule has 0 atom stereocenters. The van der Waals surface area contributed by atoms with Gasteiger partial charge < -0.3 is 4.90 Å². The first-order valence-electron chi connectivity index (χ1n) is 5.50. The Kier molecular flexibility index (Phi) is 2.85. The predicted molar refractivity (Wildman–Crippen MR) is 75.5 cm³/mol. The van der Waals surface area contributed by atoms with Gasteiger partial charge in [0, 0.05) is 28.3 Å². The lowest BCUT2D eigenvalue weighted by Gasteiger charge is -2.17. The molecule has 3 heteroatoms. The lowest BCUT2D eigenvalue weighted by molar-refractivity contribution is 0.880. The molecule has 3 rings (SSSR count). The maximum Gasteiger partial charge on any atom is 0.0437 e. The second-order valence-electron chi connectivity index (χ2n) is 4.25. The van der Waals surface area contributed by atoms with Crippen molar-refractivity contribution in [3.8, 4) is 0 Å². The maximum absolute atomic E-state index is 6.03. The summed E-state index contributed by atoms with van der Waals surface area (Å²) in [6.45, 7) is 1.91. The van der Waals surface area contributed by atoms with Crippen molar-refractivity contribution in [2.75, 3.05) is 4.90 Å². The Morgan fingerprint density at radius 2 is 1.82 bits per heavy atom. The quantitative estimate of drug-likeness (QED) is 0.743. The van der Waals surface area contributed by atoms with Crippen molar-refractivity contribution in [1.29, 1.82) is 0 Å². The van der Waals surface area contributed by atoms with E-state index in [4.69, 9.17) is 11.6 Å². The average Bonchev–Trinajstić information content (AvgIpc) is 2.72. The molecule has 0 amide bonds. The van der Waals surface area contributed by atoms with Crippen LogP contribution in [0.2, 0.25) is 5.02 Å². The van der Waals surface area contributed by atoms with Crippen LogP contribution in [0.3, 0.4) is 0 Å². The fraction of sp³-hybridized carbons (Fsp3) is 0.143. The Hall–Kier alpha value is -0.990. The summed E-state index contributed by atoms with van der Waals surface area (Å²) in [6.07, 6.45) is 0. The number of hydrogen-bond acceptors (Lipinski definition) is 1. The maximum atomic E-state index is 6.03. The topological polar surface area (TPSA) is 3.24 Å². The fourth-order valence-corrected chi connectivity index (χ4v) is 2.81. The summed E-state index contributed by atoms with van der Waals surface area (Å²) in [5.74, 6) is 0. The minimum atomic E-state index is 0.791. The zero-order valence-corrected chi connectivity index (χ0v) is 11.5. The van der Waals surface area contributed by atoms with E-state index in [0.717, 1.165) is 22.6 Å². The molecule has 0 aromatic heterocycles. The summed E-state index contributed by atoms with van der Waals surface area (Å²) in [5, 5.41) is 0.791. The minimum Gasteiger partial charge on any atom is -0.363 e. The van der Waals surface area contributed by atoms with Crippen LogP contribution in [0.4, 0.5) is 5.69 Å². The second-order valence-corrected chi connectivity index (χ2v) is 5.60. The molecule has 2 aromatic carbocycles. The largest absolute Gasteiger partial charge is 0.363 e. The molecule has 1 heterocycles. The summed E-state index contributed by atoms with van der Waals surface area (Å²) < 4.78 is 1.14. The second kappa shape index (κ2) is 4.35.